The average Bonchev–Trinajstić information content (AvgIpc) is 2.67. The Kier molecular flexibility index (Phi) is 3.60. The minimum absolute atomic E-state index is 0.155. The predicted molar refractivity (Wildman–Crippen MR) is 66.7 cm³/mol. The minimum atomic E-state index is -0.155. The number of hydrogen-bond donors (Lipinski definition) is 2. The molecule has 2 rings (SSSR count). The van der Waals surface area contributed by atoms with Crippen LogP contribution in [0.3, 0.4) is 0 Å². The molecule has 0 saturated carbocycles. The van der Waals surface area contributed by atoms with Crippen molar-refractivity contribution in [3.8, 4) is 0 Å². The summed E-state index contributed by atoms with van der Waals surface area (Å²) in [5.74, 6) is 0.615. The van der Waals surface area contributed by atoms with Crippen molar-refractivity contribution in [2.24, 2.45) is 0 Å². The van der Waals surface area contributed by atoms with Crippen LogP contribution in [0.1, 0.15) is 12.8 Å². The second-order valence-corrected chi connectivity index (χ2v) is 4.84. The van der Waals surface area contributed by atoms with Crippen LogP contribution >= 0.6 is 15.9 Å². The molecule has 88 valence electrons. The van der Waals surface area contributed by atoms with Gasteiger partial charge in [-0.05, 0) is 42.4 Å². The van der Waals surface area contributed by atoms with Gasteiger partial charge in [0.1, 0.15) is 10.3 Å². The lowest BCUT2D eigenvalue weighted by molar-refractivity contribution is 0.322. The third kappa shape index (κ3) is 2.44. The molecule has 5 nitrogen and oxygen atoms in total. The molecule has 0 aromatic carbocycles. The van der Waals surface area contributed by atoms with E-state index in [0.717, 1.165) is 13.1 Å². The maximum atomic E-state index is 11.3. The van der Waals surface area contributed by atoms with Crippen molar-refractivity contribution in [2.75, 3.05) is 25.5 Å². The van der Waals surface area contributed by atoms with Gasteiger partial charge in [0.2, 0.25) is 0 Å². The molecule has 2 N–H and O–H groups in total. The van der Waals surface area contributed by atoms with Gasteiger partial charge in [-0.3, -0.25) is 4.79 Å². The number of likely N-dealkylation sites (N-methyl/N-ethyl adjacent to an activating group) is 1. The lowest BCUT2D eigenvalue weighted by Gasteiger charge is -2.20. The second kappa shape index (κ2) is 4.97. The van der Waals surface area contributed by atoms with Crippen molar-refractivity contribution < 1.29 is 0 Å². The summed E-state index contributed by atoms with van der Waals surface area (Å²) < 4.78 is 0.468. The molecule has 1 atom stereocenters. The smallest absolute Gasteiger partial charge is 0.267 e. The topological polar surface area (TPSA) is 61.0 Å². The highest BCUT2D eigenvalue weighted by atomic mass is 79.9. The highest BCUT2D eigenvalue weighted by molar-refractivity contribution is 9.10. The van der Waals surface area contributed by atoms with Gasteiger partial charge in [0.15, 0.2) is 0 Å². The van der Waals surface area contributed by atoms with Crippen LogP contribution in [0.4, 0.5) is 5.82 Å². The van der Waals surface area contributed by atoms with Crippen molar-refractivity contribution in [1.82, 2.24) is 14.9 Å². The molecule has 1 aliphatic rings. The van der Waals surface area contributed by atoms with Crippen LogP contribution in [0.2, 0.25) is 0 Å². The van der Waals surface area contributed by atoms with Crippen LogP contribution < -0.4 is 10.9 Å². The second-order valence-electron chi connectivity index (χ2n) is 4.05. The summed E-state index contributed by atoms with van der Waals surface area (Å²) in [5, 5.41) is 3.21. The van der Waals surface area contributed by atoms with Gasteiger partial charge in [-0.15, -0.1) is 0 Å². The number of halogens is 1. The molecule has 6 heteroatoms. The van der Waals surface area contributed by atoms with Crippen molar-refractivity contribution in [2.45, 2.75) is 18.9 Å². The Bertz CT molecular complexity index is 420. The van der Waals surface area contributed by atoms with E-state index in [1.54, 1.807) is 0 Å². The third-order valence-corrected chi connectivity index (χ3v) is 3.71. The zero-order valence-corrected chi connectivity index (χ0v) is 10.7. The molecule has 0 radical (unpaired) electrons. The fraction of sp³-hybridized carbons (Fsp3) is 0.600. The molecule has 1 saturated heterocycles. The number of anilines is 1. The van der Waals surface area contributed by atoms with E-state index in [4.69, 9.17) is 0 Å². The lowest BCUT2D eigenvalue weighted by Crippen LogP contribution is -2.32. The molecule has 0 spiro atoms. The van der Waals surface area contributed by atoms with Crippen molar-refractivity contribution in [3.05, 3.63) is 21.2 Å². The SMILES string of the molecule is CN1CCCC1CNc1nc[nH]c(=O)c1Br. The van der Waals surface area contributed by atoms with Gasteiger partial charge in [-0.25, -0.2) is 4.98 Å². The zero-order chi connectivity index (χ0) is 11.5. The third-order valence-electron chi connectivity index (χ3n) is 2.97. The molecule has 16 heavy (non-hydrogen) atoms. The van der Waals surface area contributed by atoms with Crippen LogP contribution in [0.25, 0.3) is 0 Å². The van der Waals surface area contributed by atoms with E-state index >= 15 is 0 Å². The standard InChI is InChI=1S/C10H15BrN4O/c1-15-4-2-3-7(15)5-12-9-8(11)10(16)14-6-13-9/h6-7H,2-5H2,1H3,(H2,12,13,14,16). The number of likely N-dealkylation sites (tertiary alicyclic amines) is 1. The number of aromatic nitrogens is 2. The van der Waals surface area contributed by atoms with E-state index in [1.807, 2.05) is 0 Å². The highest BCUT2D eigenvalue weighted by Crippen LogP contribution is 2.17. The lowest BCUT2D eigenvalue weighted by atomic mass is 10.2. The Morgan fingerprint density at radius 1 is 1.75 bits per heavy atom. The largest absolute Gasteiger partial charge is 0.367 e. The predicted octanol–water partition coefficient (Wildman–Crippen LogP) is 1.04. The summed E-state index contributed by atoms with van der Waals surface area (Å²) in [6.07, 6.45) is 3.85. The molecule has 0 aliphatic carbocycles. The van der Waals surface area contributed by atoms with Gasteiger partial charge >= 0.3 is 0 Å². The maximum Gasteiger partial charge on any atom is 0.267 e. The van der Waals surface area contributed by atoms with Crippen LogP contribution in [0, 0.1) is 0 Å². The number of H-pyrrole nitrogens is 1. The molecular formula is C10H15BrN4O. The molecule has 1 fully saturated rings. The first-order chi connectivity index (χ1) is 7.68. The monoisotopic (exact) mass is 286 g/mol. The first kappa shape index (κ1) is 11.6. The van der Waals surface area contributed by atoms with Crippen molar-refractivity contribution in [3.63, 3.8) is 0 Å². The molecule has 2 heterocycles. The summed E-state index contributed by atoms with van der Waals surface area (Å²) in [4.78, 5) is 20.2. The Labute approximate surface area is 102 Å². The molecule has 0 bridgehead atoms. The summed E-state index contributed by atoms with van der Waals surface area (Å²) in [6.45, 7) is 1.97. The molecule has 1 aliphatic heterocycles. The van der Waals surface area contributed by atoms with E-state index in [-0.39, 0.29) is 5.56 Å². The highest BCUT2D eigenvalue weighted by Gasteiger charge is 2.20. The number of aromatic amines is 1. The Hall–Kier alpha value is -0.880. The molecule has 1 aromatic rings. The van der Waals surface area contributed by atoms with E-state index in [9.17, 15) is 4.79 Å². The molecule has 1 unspecified atom stereocenters. The van der Waals surface area contributed by atoms with E-state index in [2.05, 4.69) is 43.2 Å². The number of nitrogens with zero attached hydrogens (tertiary/aromatic N) is 2. The number of hydrogen-bond acceptors (Lipinski definition) is 4. The van der Waals surface area contributed by atoms with E-state index < -0.39 is 0 Å². The van der Waals surface area contributed by atoms with Crippen molar-refractivity contribution >= 4 is 21.7 Å². The van der Waals surface area contributed by atoms with Gasteiger partial charge < -0.3 is 15.2 Å². The first-order valence-corrected chi connectivity index (χ1v) is 6.15. The molecule has 0 amide bonds. The number of rotatable bonds is 3. The normalized spacial score (nSPS) is 21.2. The molecule has 1 aromatic heterocycles. The summed E-state index contributed by atoms with van der Waals surface area (Å²) in [7, 11) is 2.12. The summed E-state index contributed by atoms with van der Waals surface area (Å²) in [5.41, 5.74) is -0.155. The Morgan fingerprint density at radius 3 is 3.25 bits per heavy atom. The van der Waals surface area contributed by atoms with Crippen LogP contribution in [0.5, 0.6) is 0 Å². The Morgan fingerprint density at radius 2 is 2.56 bits per heavy atom. The minimum Gasteiger partial charge on any atom is -0.367 e. The van der Waals surface area contributed by atoms with Gasteiger partial charge in [-0.1, -0.05) is 0 Å². The summed E-state index contributed by atoms with van der Waals surface area (Å²) in [6, 6.07) is 0.535. The Balaban J connectivity index is 1.99. The fourth-order valence-corrected chi connectivity index (χ4v) is 2.31. The van der Waals surface area contributed by atoms with E-state index in [1.165, 1.54) is 19.2 Å². The van der Waals surface area contributed by atoms with Gasteiger partial charge in [-0.2, -0.15) is 0 Å². The quantitative estimate of drug-likeness (QED) is 0.872. The van der Waals surface area contributed by atoms with Crippen LogP contribution in [0.15, 0.2) is 15.6 Å². The maximum absolute atomic E-state index is 11.3. The van der Waals surface area contributed by atoms with Gasteiger partial charge in [0.25, 0.3) is 5.56 Å². The average molecular weight is 287 g/mol. The number of nitrogens with one attached hydrogen (secondary N) is 2. The molecular weight excluding hydrogens is 272 g/mol. The fourth-order valence-electron chi connectivity index (χ4n) is 1.96. The van der Waals surface area contributed by atoms with E-state index in [0.29, 0.717) is 16.3 Å². The zero-order valence-electron chi connectivity index (χ0n) is 9.16. The van der Waals surface area contributed by atoms with Gasteiger partial charge in [0, 0.05) is 12.6 Å². The van der Waals surface area contributed by atoms with Crippen LogP contribution in [-0.2, 0) is 0 Å². The summed E-state index contributed by atoms with van der Waals surface area (Å²) >= 11 is 3.22. The van der Waals surface area contributed by atoms with Crippen LogP contribution in [-0.4, -0.2) is 41.0 Å². The van der Waals surface area contributed by atoms with Gasteiger partial charge in [0.05, 0.1) is 6.33 Å². The first-order valence-electron chi connectivity index (χ1n) is 5.36. The van der Waals surface area contributed by atoms with Crippen molar-refractivity contribution in [1.29, 1.82) is 0 Å².